The van der Waals surface area contributed by atoms with E-state index in [4.69, 9.17) is 11.6 Å². The molecular weight excluding hydrogens is 334 g/mol. The van der Waals surface area contributed by atoms with Crippen LogP contribution in [0.25, 0.3) is 0 Å². The maximum atomic E-state index is 6.48. The second kappa shape index (κ2) is 7.26. The molecule has 0 fully saturated rings. The van der Waals surface area contributed by atoms with Crippen molar-refractivity contribution in [3.05, 3.63) is 68.7 Å². The molecule has 1 nitrogen and oxygen atoms in total. The molecule has 20 heavy (non-hydrogen) atoms. The summed E-state index contributed by atoms with van der Waals surface area (Å²) in [5.74, 6) is 0. The zero-order valence-corrected chi connectivity index (χ0v) is 14.1. The van der Waals surface area contributed by atoms with Gasteiger partial charge in [0.05, 0.1) is 0 Å². The first-order valence-electron chi connectivity index (χ1n) is 6.85. The van der Waals surface area contributed by atoms with E-state index >= 15 is 0 Å². The van der Waals surface area contributed by atoms with Crippen LogP contribution in [0.2, 0.25) is 5.02 Å². The van der Waals surface area contributed by atoms with Crippen molar-refractivity contribution in [2.24, 2.45) is 0 Å². The summed E-state index contributed by atoms with van der Waals surface area (Å²) < 4.78 is 1.15. The van der Waals surface area contributed by atoms with Crippen LogP contribution in [0.4, 0.5) is 0 Å². The van der Waals surface area contributed by atoms with Crippen LogP contribution in [0.3, 0.4) is 0 Å². The van der Waals surface area contributed by atoms with E-state index in [9.17, 15) is 0 Å². The minimum Gasteiger partial charge on any atom is -0.310 e. The second-order valence-electron chi connectivity index (χ2n) is 4.88. The molecule has 0 saturated heterocycles. The molecule has 1 unspecified atom stereocenters. The van der Waals surface area contributed by atoms with Crippen molar-refractivity contribution >= 4 is 27.5 Å². The maximum Gasteiger partial charge on any atom is 0.0483 e. The van der Waals surface area contributed by atoms with E-state index in [-0.39, 0.29) is 6.04 Å². The van der Waals surface area contributed by atoms with Gasteiger partial charge in [-0.1, -0.05) is 70.9 Å². The highest BCUT2D eigenvalue weighted by molar-refractivity contribution is 9.10. The van der Waals surface area contributed by atoms with Gasteiger partial charge in [-0.3, -0.25) is 0 Å². The van der Waals surface area contributed by atoms with Gasteiger partial charge >= 0.3 is 0 Å². The van der Waals surface area contributed by atoms with Crippen LogP contribution < -0.4 is 5.32 Å². The summed E-state index contributed by atoms with van der Waals surface area (Å²) >= 11 is 10.1. The van der Waals surface area contributed by atoms with Crippen LogP contribution in [0.1, 0.15) is 29.7 Å². The number of hydrogen-bond acceptors (Lipinski definition) is 1. The van der Waals surface area contributed by atoms with E-state index in [0.29, 0.717) is 0 Å². The smallest absolute Gasteiger partial charge is 0.0483 e. The lowest BCUT2D eigenvalue weighted by molar-refractivity contribution is 0.549. The van der Waals surface area contributed by atoms with E-state index in [0.717, 1.165) is 28.0 Å². The van der Waals surface area contributed by atoms with E-state index in [1.165, 1.54) is 11.1 Å². The molecule has 3 heteroatoms. The number of likely N-dealkylation sites (N-methyl/N-ethyl adjacent to an activating group) is 1. The third-order valence-electron chi connectivity index (χ3n) is 3.43. The minimum absolute atomic E-state index is 0.228. The highest BCUT2D eigenvalue weighted by Crippen LogP contribution is 2.30. The number of aryl methyl sites for hydroxylation is 1. The predicted octanol–water partition coefficient (Wildman–Crippen LogP) is 5.30. The molecule has 0 saturated carbocycles. The molecule has 106 valence electrons. The first-order valence-corrected chi connectivity index (χ1v) is 8.02. The summed E-state index contributed by atoms with van der Waals surface area (Å²) in [4.78, 5) is 0. The lowest BCUT2D eigenvalue weighted by atomic mass is 9.97. The number of hydrogen-bond donors (Lipinski definition) is 1. The fourth-order valence-electron chi connectivity index (χ4n) is 2.36. The third-order valence-corrected chi connectivity index (χ3v) is 4.72. The average molecular weight is 353 g/mol. The Morgan fingerprint density at radius 3 is 2.60 bits per heavy atom. The Hall–Kier alpha value is -0.830. The summed E-state index contributed by atoms with van der Waals surface area (Å²) in [7, 11) is 0. The highest BCUT2D eigenvalue weighted by atomic mass is 79.9. The van der Waals surface area contributed by atoms with E-state index in [1.807, 2.05) is 19.1 Å². The van der Waals surface area contributed by atoms with Crippen molar-refractivity contribution in [3.8, 4) is 0 Å². The Bertz CT molecular complexity index is 583. The zero-order chi connectivity index (χ0) is 14.5. The van der Waals surface area contributed by atoms with Gasteiger partial charge in [-0.2, -0.15) is 0 Å². The Balaban J connectivity index is 2.32. The summed E-state index contributed by atoms with van der Waals surface area (Å²) in [6.07, 6.45) is 0.915. The SMILES string of the molecule is CCNC(Cc1ccccc1Br)c1cccc(C)c1Cl. The topological polar surface area (TPSA) is 12.0 Å². The summed E-state index contributed by atoms with van der Waals surface area (Å²) in [6, 6.07) is 14.8. The quantitative estimate of drug-likeness (QED) is 0.769. The molecule has 0 spiro atoms. The number of benzene rings is 2. The molecule has 0 amide bonds. The fourth-order valence-corrected chi connectivity index (χ4v) is 3.07. The van der Waals surface area contributed by atoms with Crippen molar-refractivity contribution in [3.63, 3.8) is 0 Å². The van der Waals surface area contributed by atoms with Crippen molar-refractivity contribution in [1.82, 2.24) is 5.32 Å². The number of nitrogens with one attached hydrogen (secondary N) is 1. The standard InChI is InChI=1S/C17H19BrClN/c1-3-20-16(11-13-8-4-5-10-15(13)18)14-9-6-7-12(2)17(14)19/h4-10,16,20H,3,11H2,1-2H3. The number of halogens is 2. The Labute approximate surface area is 134 Å². The molecule has 0 aliphatic carbocycles. The van der Waals surface area contributed by atoms with Crippen LogP contribution in [0.15, 0.2) is 46.9 Å². The molecule has 0 aliphatic heterocycles. The first kappa shape index (κ1) is 15.6. The van der Waals surface area contributed by atoms with Gasteiger partial charge in [-0.25, -0.2) is 0 Å². The summed E-state index contributed by atoms with van der Waals surface area (Å²) in [5.41, 5.74) is 3.58. The molecule has 2 aromatic rings. The Kier molecular flexibility index (Phi) is 5.64. The summed E-state index contributed by atoms with van der Waals surface area (Å²) in [6.45, 7) is 5.09. The van der Waals surface area contributed by atoms with Gasteiger partial charge in [-0.15, -0.1) is 0 Å². The van der Waals surface area contributed by atoms with Gasteiger partial charge in [0.15, 0.2) is 0 Å². The van der Waals surface area contributed by atoms with Crippen molar-refractivity contribution < 1.29 is 0 Å². The predicted molar refractivity (Wildman–Crippen MR) is 90.5 cm³/mol. The van der Waals surface area contributed by atoms with Gasteiger partial charge in [0, 0.05) is 15.5 Å². The van der Waals surface area contributed by atoms with E-state index < -0.39 is 0 Å². The molecule has 0 radical (unpaired) electrons. The van der Waals surface area contributed by atoms with E-state index in [1.54, 1.807) is 0 Å². The van der Waals surface area contributed by atoms with Crippen LogP contribution in [-0.4, -0.2) is 6.54 Å². The second-order valence-corrected chi connectivity index (χ2v) is 6.12. The van der Waals surface area contributed by atoms with Crippen LogP contribution in [-0.2, 0) is 6.42 Å². The first-order chi connectivity index (χ1) is 9.63. The van der Waals surface area contributed by atoms with Gasteiger partial charge in [0.2, 0.25) is 0 Å². The molecule has 1 N–H and O–H groups in total. The molecule has 1 atom stereocenters. The normalized spacial score (nSPS) is 12.4. The molecule has 0 aliphatic rings. The minimum atomic E-state index is 0.228. The largest absolute Gasteiger partial charge is 0.310 e. The summed E-state index contributed by atoms with van der Waals surface area (Å²) in [5, 5.41) is 4.40. The van der Waals surface area contributed by atoms with Crippen LogP contribution in [0.5, 0.6) is 0 Å². The van der Waals surface area contributed by atoms with E-state index in [2.05, 4.69) is 58.5 Å². The van der Waals surface area contributed by atoms with Crippen molar-refractivity contribution in [1.29, 1.82) is 0 Å². The molecule has 0 heterocycles. The van der Waals surface area contributed by atoms with Gasteiger partial charge in [0.1, 0.15) is 0 Å². The molecule has 2 rings (SSSR count). The third kappa shape index (κ3) is 3.63. The molecular formula is C17H19BrClN. The van der Waals surface area contributed by atoms with Crippen LogP contribution >= 0.6 is 27.5 Å². The molecule has 2 aromatic carbocycles. The molecule has 0 aromatic heterocycles. The zero-order valence-electron chi connectivity index (χ0n) is 11.8. The highest BCUT2D eigenvalue weighted by Gasteiger charge is 2.16. The monoisotopic (exact) mass is 351 g/mol. The van der Waals surface area contributed by atoms with Gasteiger partial charge in [-0.05, 0) is 42.6 Å². The van der Waals surface area contributed by atoms with Gasteiger partial charge in [0.25, 0.3) is 0 Å². The van der Waals surface area contributed by atoms with Gasteiger partial charge < -0.3 is 5.32 Å². The average Bonchev–Trinajstić information content (AvgIpc) is 2.44. The van der Waals surface area contributed by atoms with Crippen LogP contribution in [0, 0.1) is 6.92 Å². The van der Waals surface area contributed by atoms with Crippen molar-refractivity contribution in [2.75, 3.05) is 6.54 Å². The van der Waals surface area contributed by atoms with Crippen molar-refractivity contribution in [2.45, 2.75) is 26.3 Å². The lowest BCUT2D eigenvalue weighted by Gasteiger charge is -2.21. The maximum absolute atomic E-state index is 6.48. The Morgan fingerprint density at radius 2 is 1.90 bits per heavy atom. The number of rotatable bonds is 5. The Morgan fingerprint density at radius 1 is 1.15 bits per heavy atom. The fraction of sp³-hybridized carbons (Fsp3) is 0.294. The molecule has 0 bridgehead atoms. The lowest BCUT2D eigenvalue weighted by Crippen LogP contribution is -2.23.